The topological polar surface area (TPSA) is 51.0 Å². The summed E-state index contributed by atoms with van der Waals surface area (Å²) in [5.41, 5.74) is 0. The van der Waals surface area contributed by atoms with Crippen molar-refractivity contribution in [3.05, 3.63) is 11.7 Å². The molecule has 0 bridgehead atoms. The minimum absolute atomic E-state index is 0.480. The van der Waals surface area contributed by atoms with Crippen LogP contribution in [0.3, 0.4) is 0 Å². The normalized spacial score (nSPS) is 24.7. The van der Waals surface area contributed by atoms with E-state index in [9.17, 15) is 0 Å². The maximum absolute atomic E-state index is 5.42. The van der Waals surface area contributed by atoms with Crippen LogP contribution >= 0.6 is 0 Å². The van der Waals surface area contributed by atoms with Gasteiger partial charge in [0.1, 0.15) is 0 Å². The van der Waals surface area contributed by atoms with E-state index in [0.29, 0.717) is 17.9 Å². The van der Waals surface area contributed by atoms with Crippen molar-refractivity contribution in [1.82, 2.24) is 15.5 Å². The van der Waals surface area contributed by atoms with Crippen LogP contribution in [-0.4, -0.2) is 22.7 Å². The molecule has 0 amide bonds. The molecular formula is C14H25N3O. The van der Waals surface area contributed by atoms with Gasteiger partial charge < -0.3 is 9.84 Å². The molecule has 0 atom stereocenters. The highest BCUT2D eigenvalue weighted by Gasteiger charge is 2.25. The van der Waals surface area contributed by atoms with Crippen LogP contribution in [0, 0.1) is 5.92 Å². The first-order valence-corrected chi connectivity index (χ1v) is 7.25. The van der Waals surface area contributed by atoms with Crippen LogP contribution in [-0.2, 0) is 6.42 Å². The second kappa shape index (κ2) is 6.32. The van der Waals surface area contributed by atoms with Crippen LogP contribution in [0.5, 0.6) is 0 Å². The molecule has 0 saturated heterocycles. The Labute approximate surface area is 110 Å². The van der Waals surface area contributed by atoms with Crippen molar-refractivity contribution in [2.24, 2.45) is 5.92 Å². The molecular weight excluding hydrogens is 226 g/mol. The Morgan fingerprint density at radius 1 is 1.28 bits per heavy atom. The molecule has 1 aliphatic rings. The van der Waals surface area contributed by atoms with Gasteiger partial charge in [-0.1, -0.05) is 25.9 Å². The first-order valence-electron chi connectivity index (χ1n) is 7.25. The van der Waals surface area contributed by atoms with Gasteiger partial charge in [0.15, 0.2) is 5.82 Å². The van der Waals surface area contributed by atoms with Gasteiger partial charge in [-0.05, 0) is 38.1 Å². The lowest BCUT2D eigenvalue weighted by Gasteiger charge is -2.26. The van der Waals surface area contributed by atoms with Crippen LogP contribution in [0.2, 0.25) is 0 Å². The monoisotopic (exact) mass is 251 g/mol. The number of nitrogens with zero attached hydrogens (tertiary/aromatic N) is 2. The summed E-state index contributed by atoms with van der Waals surface area (Å²) < 4.78 is 5.42. The lowest BCUT2D eigenvalue weighted by molar-refractivity contribution is 0.283. The van der Waals surface area contributed by atoms with E-state index in [2.05, 4.69) is 36.2 Å². The summed E-state index contributed by atoms with van der Waals surface area (Å²) >= 11 is 0. The van der Waals surface area contributed by atoms with E-state index >= 15 is 0 Å². The Kier molecular flexibility index (Phi) is 4.75. The minimum Gasteiger partial charge on any atom is -0.339 e. The number of rotatable bonds is 5. The SMILES string of the molecule is CCNC1CCC(c2nc(CC(C)C)no2)CC1. The fourth-order valence-electron chi connectivity index (χ4n) is 2.71. The van der Waals surface area contributed by atoms with Crippen molar-refractivity contribution >= 4 is 0 Å². The summed E-state index contributed by atoms with van der Waals surface area (Å²) in [5.74, 6) is 2.79. The van der Waals surface area contributed by atoms with Crippen molar-refractivity contribution in [2.75, 3.05) is 6.54 Å². The highest BCUT2D eigenvalue weighted by Crippen LogP contribution is 2.31. The first kappa shape index (κ1) is 13.5. The van der Waals surface area contributed by atoms with Gasteiger partial charge in [0.2, 0.25) is 5.89 Å². The predicted octanol–water partition coefficient (Wildman–Crippen LogP) is 2.90. The zero-order valence-electron chi connectivity index (χ0n) is 11.8. The quantitative estimate of drug-likeness (QED) is 0.874. The number of hydrogen-bond acceptors (Lipinski definition) is 4. The second-order valence-electron chi connectivity index (χ2n) is 5.75. The van der Waals surface area contributed by atoms with Gasteiger partial charge in [-0.25, -0.2) is 0 Å². The molecule has 0 aliphatic heterocycles. The summed E-state index contributed by atoms with van der Waals surface area (Å²) in [6.45, 7) is 7.59. The third kappa shape index (κ3) is 3.55. The zero-order valence-corrected chi connectivity index (χ0v) is 11.8. The third-order valence-electron chi connectivity index (χ3n) is 3.64. The van der Waals surface area contributed by atoms with Crippen molar-refractivity contribution in [1.29, 1.82) is 0 Å². The minimum atomic E-state index is 0.480. The predicted molar refractivity (Wildman–Crippen MR) is 71.5 cm³/mol. The van der Waals surface area contributed by atoms with Gasteiger partial charge >= 0.3 is 0 Å². The molecule has 0 radical (unpaired) electrons. The zero-order chi connectivity index (χ0) is 13.0. The van der Waals surface area contributed by atoms with Gasteiger partial charge in [-0.15, -0.1) is 0 Å². The molecule has 2 rings (SSSR count). The molecule has 4 nitrogen and oxygen atoms in total. The van der Waals surface area contributed by atoms with Crippen LogP contribution in [0.4, 0.5) is 0 Å². The highest BCUT2D eigenvalue weighted by molar-refractivity contribution is 4.97. The van der Waals surface area contributed by atoms with Crippen LogP contribution < -0.4 is 5.32 Å². The summed E-state index contributed by atoms with van der Waals surface area (Å²) in [7, 11) is 0. The van der Waals surface area contributed by atoms with E-state index in [-0.39, 0.29) is 0 Å². The molecule has 1 aromatic heterocycles. The van der Waals surface area contributed by atoms with Gasteiger partial charge in [-0.2, -0.15) is 4.98 Å². The maximum Gasteiger partial charge on any atom is 0.229 e. The molecule has 4 heteroatoms. The Balaban J connectivity index is 1.87. The van der Waals surface area contributed by atoms with Crippen LogP contribution in [0.25, 0.3) is 0 Å². The van der Waals surface area contributed by atoms with Crippen molar-refractivity contribution in [3.8, 4) is 0 Å². The Morgan fingerprint density at radius 3 is 2.61 bits per heavy atom. The van der Waals surface area contributed by atoms with Crippen molar-refractivity contribution in [2.45, 2.75) is 64.8 Å². The molecule has 1 saturated carbocycles. The molecule has 1 aliphatic carbocycles. The second-order valence-corrected chi connectivity index (χ2v) is 5.75. The Morgan fingerprint density at radius 2 is 2.00 bits per heavy atom. The van der Waals surface area contributed by atoms with E-state index < -0.39 is 0 Å². The highest BCUT2D eigenvalue weighted by atomic mass is 16.5. The van der Waals surface area contributed by atoms with Gasteiger partial charge in [0.05, 0.1) is 0 Å². The first-order chi connectivity index (χ1) is 8.69. The van der Waals surface area contributed by atoms with E-state index in [1.54, 1.807) is 0 Å². The molecule has 0 spiro atoms. The van der Waals surface area contributed by atoms with Gasteiger partial charge in [0.25, 0.3) is 0 Å². The van der Waals surface area contributed by atoms with Gasteiger partial charge in [-0.3, -0.25) is 0 Å². The van der Waals surface area contributed by atoms with Gasteiger partial charge in [0, 0.05) is 18.4 Å². The van der Waals surface area contributed by atoms with Crippen molar-refractivity contribution in [3.63, 3.8) is 0 Å². The largest absolute Gasteiger partial charge is 0.339 e. The number of aromatic nitrogens is 2. The molecule has 0 unspecified atom stereocenters. The molecule has 1 N–H and O–H groups in total. The average Bonchev–Trinajstić information content (AvgIpc) is 2.78. The molecule has 1 heterocycles. The smallest absolute Gasteiger partial charge is 0.229 e. The van der Waals surface area contributed by atoms with Crippen LogP contribution in [0.1, 0.15) is 64.1 Å². The summed E-state index contributed by atoms with van der Waals surface area (Å²) in [5, 5.41) is 7.61. The lowest BCUT2D eigenvalue weighted by Crippen LogP contribution is -2.32. The third-order valence-corrected chi connectivity index (χ3v) is 3.64. The fourth-order valence-corrected chi connectivity index (χ4v) is 2.71. The van der Waals surface area contributed by atoms with E-state index in [1.165, 1.54) is 25.7 Å². The van der Waals surface area contributed by atoms with E-state index in [4.69, 9.17) is 4.52 Å². The molecule has 1 fully saturated rings. The molecule has 18 heavy (non-hydrogen) atoms. The van der Waals surface area contributed by atoms with Crippen LogP contribution in [0.15, 0.2) is 4.52 Å². The Hall–Kier alpha value is -0.900. The summed E-state index contributed by atoms with van der Waals surface area (Å²) in [6, 6.07) is 0.685. The molecule has 1 aromatic rings. The average molecular weight is 251 g/mol. The summed E-state index contributed by atoms with van der Waals surface area (Å²) in [6.07, 6.45) is 5.69. The summed E-state index contributed by atoms with van der Waals surface area (Å²) in [4.78, 5) is 4.55. The maximum atomic E-state index is 5.42. The van der Waals surface area contributed by atoms with E-state index in [0.717, 1.165) is 24.7 Å². The number of hydrogen-bond donors (Lipinski definition) is 1. The standard InChI is InChI=1S/C14H25N3O/c1-4-15-12-7-5-11(6-8-12)14-16-13(17-18-14)9-10(2)3/h10-12,15H,4-9H2,1-3H3. The number of nitrogens with one attached hydrogen (secondary N) is 1. The van der Waals surface area contributed by atoms with E-state index in [1.807, 2.05) is 0 Å². The fraction of sp³-hybridized carbons (Fsp3) is 0.857. The molecule has 0 aromatic carbocycles. The Bertz CT molecular complexity index is 354. The molecule has 102 valence electrons. The lowest BCUT2D eigenvalue weighted by atomic mass is 9.86. The van der Waals surface area contributed by atoms with Crippen molar-refractivity contribution < 1.29 is 4.52 Å².